The smallest absolute Gasteiger partial charge is 0.128 e. The number of nitrogen functional groups attached to an aromatic ring is 1. The number of anilines is 2. The molecule has 0 aliphatic carbocycles. The number of benzene rings is 1. The number of nitrogens with two attached hydrogens (primary N) is 1. The number of nitrogens with zero attached hydrogens (tertiary/aromatic N) is 3. The molecule has 0 radical (unpaired) electrons. The summed E-state index contributed by atoms with van der Waals surface area (Å²) in [5, 5.41) is 0. The first-order valence-corrected chi connectivity index (χ1v) is 7.47. The van der Waals surface area contributed by atoms with Gasteiger partial charge in [0.1, 0.15) is 5.82 Å². The van der Waals surface area contributed by atoms with Crippen LogP contribution in [0.15, 0.2) is 48.7 Å². The van der Waals surface area contributed by atoms with Gasteiger partial charge < -0.3 is 10.6 Å². The molecule has 4 nitrogen and oxygen atoms in total. The largest absolute Gasteiger partial charge is 0.397 e. The standard InChI is InChI=1S/C17H22N4/c1-14-12-20(13-15-5-3-2-4-6-15)9-10-21(14)17-8-7-16(18)11-19-17/h2-8,11,14H,9-10,12-13,18H2,1H3. The van der Waals surface area contributed by atoms with Crippen LogP contribution in [-0.4, -0.2) is 35.6 Å². The second-order valence-electron chi connectivity index (χ2n) is 5.71. The summed E-state index contributed by atoms with van der Waals surface area (Å²) in [7, 11) is 0. The van der Waals surface area contributed by atoms with Crippen LogP contribution in [0, 0.1) is 0 Å². The van der Waals surface area contributed by atoms with E-state index in [1.54, 1.807) is 6.20 Å². The van der Waals surface area contributed by atoms with Gasteiger partial charge in [0, 0.05) is 32.2 Å². The Morgan fingerprint density at radius 1 is 1.14 bits per heavy atom. The molecule has 1 aromatic heterocycles. The summed E-state index contributed by atoms with van der Waals surface area (Å²) in [5.74, 6) is 1.02. The molecule has 0 spiro atoms. The fourth-order valence-electron chi connectivity index (χ4n) is 2.93. The minimum absolute atomic E-state index is 0.457. The molecule has 0 saturated carbocycles. The highest BCUT2D eigenvalue weighted by Crippen LogP contribution is 2.20. The van der Waals surface area contributed by atoms with E-state index in [1.807, 2.05) is 12.1 Å². The monoisotopic (exact) mass is 282 g/mol. The fraction of sp³-hybridized carbons (Fsp3) is 0.353. The highest BCUT2D eigenvalue weighted by atomic mass is 15.3. The van der Waals surface area contributed by atoms with Gasteiger partial charge in [-0.05, 0) is 24.6 Å². The van der Waals surface area contributed by atoms with Gasteiger partial charge in [-0.15, -0.1) is 0 Å². The summed E-state index contributed by atoms with van der Waals surface area (Å²) in [6, 6.07) is 15.1. The van der Waals surface area contributed by atoms with Crippen molar-refractivity contribution in [2.45, 2.75) is 19.5 Å². The fourth-order valence-corrected chi connectivity index (χ4v) is 2.93. The van der Waals surface area contributed by atoms with Crippen LogP contribution in [0.2, 0.25) is 0 Å². The number of rotatable bonds is 3. The van der Waals surface area contributed by atoms with E-state index in [-0.39, 0.29) is 0 Å². The molecule has 3 rings (SSSR count). The molecule has 1 unspecified atom stereocenters. The normalized spacial score (nSPS) is 19.7. The van der Waals surface area contributed by atoms with Gasteiger partial charge in [-0.2, -0.15) is 0 Å². The summed E-state index contributed by atoms with van der Waals surface area (Å²) in [4.78, 5) is 9.31. The Morgan fingerprint density at radius 2 is 1.95 bits per heavy atom. The molecule has 0 bridgehead atoms. The third kappa shape index (κ3) is 3.34. The van der Waals surface area contributed by atoms with Gasteiger partial charge in [-0.25, -0.2) is 4.98 Å². The second-order valence-corrected chi connectivity index (χ2v) is 5.71. The van der Waals surface area contributed by atoms with Gasteiger partial charge in [0.05, 0.1) is 11.9 Å². The molecule has 1 atom stereocenters. The molecule has 0 amide bonds. The van der Waals surface area contributed by atoms with Crippen molar-refractivity contribution < 1.29 is 0 Å². The number of aromatic nitrogens is 1. The number of pyridine rings is 1. The summed E-state index contributed by atoms with van der Waals surface area (Å²) >= 11 is 0. The predicted octanol–water partition coefficient (Wildman–Crippen LogP) is 2.37. The zero-order valence-corrected chi connectivity index (χ0v) is 12.4. The van der Waals surface area contributed by atoms with Crippen LogP contribution in [0.5, 0.6) is 0 Å². The van der Waals surface area contributed by atoms with Crippen molar-refractivity contribution in [2.24, 2.45) is 0 Å². The van der Waals surface area contributed by atoms with Crippen molar-refractivity contribution >= 4 is 11.5 Å². The molecular weight excluding hydrogens is 260 g/mol. The Labute approximate surface area is 126 Å². The lowest BCUT2D eigenvalue weighted by Gasteiger charge is -2.40. The maximum Gasteiger partial charge on any atom is 0.128 e. The Morgan fingerprint density at radius 3 is 2.62 bits per heavy atom. The topological polar surface area (TPSA) is 45.4 Å². The average Bonchev–Trinajstić information content (AvgIpc) is 2.50. The third-order valence-corrected chi connectivity index (χ3v) is 4.03. The summed E-state index contributed by atoms with van der Waals surface area (Å²) < 4.78 is 0. The van der Waals surface area contributed by atoms with E-state index in [0.29, 0.717) is 11.7 Å². The van der Waals surface area contributed by atoms with Crippen molar-refractivity contribution in [3.8, 4) is 0 Å². The van der Waals surface area contributed by atoms with Crippen molar-refractivity contribution in [2.75, 3.05) is 30.3 Å². The Bertz CT molecular complexity index is 567. The number of hydrogen-bond donors (Lipinski definition) is 1. The molecule has 21 heavy (non-hydrogen) atoms. The lowest BCUT2D eigenvalue weighted by atomic mass is 10.1. The molecule has 2 aromatic rings. The maximum absolute atomic E-state index is 5.71. The van der Waals surface area contributed by atoms with E-state index in [9.17, 15) is 0 Å². The molecule has 1 fully saturated rings. The van der Waals surface area contributed by atoms with Gasteiger partial charge in [-0.3, -0.25) is 4.90 Å². The quantitative estimate of drug-likeness (QED) is 0.939. The highest BCUT2D eigenvalue weighted by Gasteiger charge is 2.24. The molecular formula is C17H22N4. The number of piperazine rings is 1. The SMILES string of the molecule is CC1CN(Cc2ccccc2)CCN1c1ccc(N)cn1. The Balaban J connectivity index is 1.63. The highest BCUT2D eigenvalue weighted by molar-refractivity contribution is 5.46. The molecule has 1 saturated heterocycles. The third-order valence-electron chi connectivity index (χ3n) is 4.03. The predicted molar refractivity (Wildman–Crippen MR) is 87.2 cm³/mol. The number of hydrogen-bond acceptors (Lipinski definition) is 4. The van der Waals surface area contributed by atoms with Crippen LogP contribution < -0.4 is 10.6 Å². The first-order valence-electron chi connectivity index (χ1n) is 7.47. The van der Waals surface area contributed by atoms with Crippen LogP contribution in [-0.2, 0) is 6.54 Å². The van der Waals surface area contributed by atoms with Crippen LogP contribution >= 0.6 is 0 Å². The van der Waals surface area contributed by atoms with Crippen molar-refractivity contribution in [1.29, 1.82) is 0 Å². The zero-order chi connectivity index (χ0) is 14.7. The van der Waals surface area contributed by atoms with Crippen molar-refractivity contribution in [3.63, 3.8) is 0 Å². The van der Waals surface area contributed by atoms with Gasteiger partial charge in [0.2, 0.25) is 0 Å². The maximum atomic E-state index is 5.71. The van der Waals surface area contributed by atoms with E-state index >= 15 is 0 Å². The lowest BCUT2D eigenvalue weighted by molar-refractivity contribution is 0.220. The molecule has 1 aliphatic rings. The summed E-state index contributed by atoms with van der Waals surface area (Å²) in [6.07, 6.45) is 1.73. The van der Waals surface area contributed by atoms with Gasteiger partial charge >= 0.3 is 0 Å². The van der Waals surface area contributed by atoms with Crippen LogP contribution in [0.3, 0.4) is 0 Å². The minimum atomic E-state index is 0.457. The second kappa shape index (κ2) is 6.14. The van der Waals surface area contributed by atoms with Crippen LogP contribution in [0.25, 0.3) is 0 Å². The van der Waals surface area contributed by atoms with Gasteiger partial charge in [-0.1, -0.05) is 30.3 Å². The van der Waals surface area contributed by atoms with Crippen molar-refractivity contribution in [3.05, 3.63) is 54.2 Å². The lowest BCUT2D eigenvalue weighted by Crippen LogP contribution is -2.51. The first kappa shape index (κ1) is 13.9. The molecule has 4 heteroatoms. The van der Waals surface area contributed by atoms with Gasteiger partial charge in [0.15, 0.2) is 0 Å². The zero-order valence-electron chi connectivity index (χ0n) is 12.4. The molecule has 110 valence electrons. The van der Waals surface area contributed by atoms with Crippen LogP contribution in [0.1, 0.15) is 12.5 Å². The van der Waals surface area contributed by atoms with Gasteiger partial charge in [0.25, 0.3) is 0 Å². The Hall–Kier alpha value is -2.07. The van der Waals surface area contributed by atoms with Crippen LogP contribution in [0.4, 0.5) is 11.5 Å². The first-order chi connectivity index (χ1) is 10.2. The van der Waals surface area contributed by atoms with Crippen molar-refractivity contribution in [1.82, 2.24) is 9.88 Å². The summed E-state index contributed by atoms with van der Waals surface area (Å²) in [6.45, 7) is 6.40. The van der Waals surface area contributed by atoms with E-state index in [0.717, 1.165) is 32.0 Å². The minimum Gasteiger partial charge on any atom is -0.397 e. The molecule has 2 N–H and O–H groups in total. The molecule has 1 aromatic carbocycles. The molecule has 2 heterocycles. The van der Waals surface area contributed by atoms with E-state index in [2.05, 4.69) is 52.0 Å². The summed E-state index contributed by atoms with van der Waals surface area (Å²) in [5.41, 5.74) is 7.80. The van der Waals surface area contributed by atoms with E-state index in [1.165, 1.54) is 5.56 Å². The van der Waals surface area contributed by atoms with E-state index < -0.39 is 0 Å². The Kier molecular flexibility index (Phi) is 4.06. The molecule has 1 aliphatic heterocycles. The van der Waals surface area contributed by atoms with E-state index in [4.69, 9.17) is 5.73 Å². The average molecular weight is 282 g/mol.